The molecular formula is C25H28FN3O5. The van der Waals surface area contributed by atoms with E-state index in [4.69, 9.17) is 13.7 Å². The summed E-state index contributed by atoms with van der Waals surface area (Å²) in [6.07, 6.45) is 0. The summed E-state index contributed by atoms with van der Waals surface area (Å²) in [5.74, 6) is 1.99. The molecular weight excluding hydrogens is 441 g/mol. The predicted octanol–water partition coefficient (Wildman–Crippen LogP) is 5.63. The van der Waals surface area contributed by atoms with Gasteiger partial charge in [0.15, 0.2) is 0 Å². The number of aromatic nitrogens is 2. The molecule has 1 atom stereocenters. The lowest BCUT2D eigenvalue weighted by Gasteiger charge is -2.19. The number of rotatable bonds is 8. The fourth-order valence-corrected chi connectivity index (χ4v) is 3.58. The number of nitrogens with one attached hydrogen (secondary N) is 1. The molecule has 0 amide bonds. The van der Waals surface area contributed by atoms with Crippen LogP contribution < -0.4 is 10.2 Å². The number of aliphatic hydroxyl groups excluding tert-OH is 1. The van der Waals surface area contributed by atoms with Gasteiger partial charge in [-0.15, -0.1) is 0 Å². The highest BCUT2D eigenvalue weighted by Crippen LogP contribution is 2.32. The molecule has 0 saturated carbocycles. The highest BCUT2D eigenvalue weighted by atomic mass is 19.3. The van der Waals surface area contributed by atoms with Crippen LogP contribution in [0.2, 0.25) is 0 Å². The standard InChI is InChI=1S/C25H28FN3O5/c1-14-8-16(6-7-20(14)31-13-25(3,4)5)24-27-23(29-33-24)18-9-15(2)22-17(10-18)11-21(32-22)19(12-30)28-34-26/h6-11,19,28,30H,12-13H2,1-5H3. The smallest absolute Gasteiger partial charge is 0.258 e. The summed E-state index contributed by atoms with van der Waals surface area (Å²) in [7, 11) is 0. The topological polar surface area (TPSA) is 103 Å². The molecule has 4 aromatic rings. The van der Waals surface area contributed by atoms with Crippen molar-refractivity contribution in [3.05, 3.63) is 53.3 Å². The molecule has 0 aliphatic carbocycles. The zero-order valence-corrected chi connectivity index (χ0v) is 19.8. The van der Waals surface area contributed by atoms with E-state index in [2.05, 4.69) is 41.4 Å². The first-order valence-electron chi connectivity index (χ1n) is 10.9. The first-order valence-corrected chi connectivity index (χ1v) is 10.9. The molecule has 0 fully saturated rings. The van der Waals surface area contributed by atoms with E-state index >= 15 is 0 Å². The summed E-state index contributed by atoms with van der Waals surface area (Å²) in [6.45, 7) is 10.5. The zero-order valence-electron chi connectivity index (χ0n) is 19.8. The molecule has 0 aliphatic heterocycles. The van der Waals surface area contributed by atoms with E-state index in [1.54, 1.807) is 6.07 Å². The summed E-state index contributed by atoms with van der Waals surface area (Å²) < 4.78 is 29.5. The molecule has 180 valence electrons. The van der Waals surface area contributed by atoms with Crippen molar-refractivity contribution in [1.82, 2.24) is 15.6 Å². The SMILES string of the molecule is Cc1cc(-c2nc(-c3cc(C)c4oc(C(CO)NOF)cc4c3)no2)ccc1OCC(C)(C)C. The Balaban J connectivity index is 1.60. The maximum atomic E-state index is 12.2. The molecule has 0 saturated heterocycles. The first kappa shape index (κ1) is 23.9. The normalized spacial score (nSPS) is 12.9. The molecule has 1 unspecified atom stereocenters. The van der Waals surface area contributed by atoms with Gasteiger partial charge in [-0.3, -0.25) is 0 Å². The lowest BCUT2D eigenvalue weighted by atomic mass is 9.98. The molecule has 0 bridgehead atoms. The van der Waals surface area contributed by atoms with Crippen LogP contribution in [0.15, 0.2) is 45.3 Å². The number of hydrogen-bond acceptors (Lipinski definition) is 8. The number of hydroxylamine groups is 1. The van der Waals surface area contributed by atoms with Crippen molar-refractivity contribution in [2.24, 2.45) is 5.41 Å². The number of aliphatic hydroxyl groups is 1. The number of fused-ring (bicyclic) bond motifs is 1. The molecule has 4 rings (SSSR count). The molecule has 2 N–H and O–H groups in total. The van der Waals surface area contributed by atoms with E-state index < -0.39 is 12.6 Å². The molecule has 2 aromatic carbocycles. The van der Waals surface area contributed by atoms with Crippen LogP contribution in [0.4, 0.5) is 4.53 Å². The van der Waals surface area contributed by atoms with Crippen molar-refractivity contribution >= 4 is 11.0 Å². The van der Waals surface area contributed by atoms with Gasteiger partial charge < -0.3 is 18.8 Å². The second-order valence-corrected chi connectivity index (χ2v) is 9.54. The van der Waals surface area contributed by atoms with Gasteiger partial charge in [-0.2, -0.15) is 10.5 Å². The number of hydrogen-bond donors (Lipinski definition) is 2. The molecule has 34 heavy (non-hydrogen) atoms. The van der Waals surface area contributed by atoms with E-state index in [9.17, 15) is 9.63 Å². The van der Waals surface area contributed by atoms with Crippen molar-refractivity contribution in [1.29, 1.82) is 0 Å². The van der Waals surface area contributed by atoms with Crippen LogP contribution in [0, 0.1) is 19.3 Å². The van der Waals surface area contributed by atoms with E-state index in [0.717, 1.165) is 33.4 Å². The lowest BCUT2D eigenvalue weighted by molar-refractivity contribution is -0.209. The second-order valence-electron chi connectivity index (χ2n) is 9.54. The maximum absolute atomic E-state index is 12.2. The number of nitrogens with zero attached hydrogens (tertiary/aromatic N) is 2. The predicted molar refractivity (Wildman–Crippen MR) is 125 cm³/mol. The third-order valence-electron chi connectivity index (χ3n) is 5.30. The summed E-state index contributed by atoms with van der Waals surface area (Å²) >= 11 is 0. The minimum Gasteiger partial charge on any atom is -0.493 e. The van der Waals surface area contributed by atoms with Gasteiger partial charge in [0.05, 0.1) is 13.2 Å². The highest BCUT2D eigenvalue weighted by molar-refractivity contribution is 5.86. The van der Waals surface area contributed by atoms with Crippen LogP contribution in [-0.4, -0.2) is 28.5 Å². The Morgan fingerprint density at radius 3 is 2.53 bits per heavy atom. The fraction of sp³-hybridized carbons (Fsp3) is 0.360. The van der Waals surface area contributed by atoms with E-state index in [1.165, 1.54) is 0 Å². The van der Waals surface area contributed by atoms with Crippen LogP contribution in [0.3, 0.4) is 0 Å². The summed E-state index contributed by atoms with van der Waals surface area (Å²) in [5, 5.41) is 17.8. The fourth-order valence-electron chi connectivity index (χ4n) is 3.58. The molecule has 2 heterocycles. The van der Waals surface area contributed by atoms with E-state index in [-0.39, 0.29) is 5.41 Å². The molecule has 2 aromatic heterocycles. The summed E-state index contributed by atoms with van der Waals surface area (Å²) in [5.41, 5.74) is 6.09. The number of halogens is 1. The van der Waals surface area contributed by atoms with Crippen molar-refractivity contribution in [2.45, 2.75) is 40.7 Å². The number of furan rings is 1. The third kappa shape index (κ3) is 5.11. The Kier molecular flexibility index (Phi) is 6.70. The van der Waals surface area contributed by atoms with Crippen LogP contribution in [0.5, 0.6) is 5.75 Å². The quantitative estimate of drug-likeness (QED) is 0.320. The molecule has 0 radical (unpaired) electrons. The van der Waals surface area contributed by atoms with Crippen molar-refractivity contribution in [3.63, 3.8) is 0 Å². The Bertz CT molecular complexity index is 1290. The van der Waals surface area contributed by atoms with Crippen molar-refractivity contribution in [2.75, 3.05) is 13.2 Å². The van der Waals surface area contributed by atoms with E-state index in [0.29, 0.717) is 29.7 Å². The van der Waals surface area contributed by atoms with Gasteiger partial charge in [-0.05, 0) is 71.3 Å². The van der Waals surface area contributed by atoms with Crippen LogP contribution in [0.1, 0.15) is 43.7 Å². The van der Waals surface area contributed by atoms with E-state index in [1.807, 2.05) is 44.2 Å². The minimum atomic E-state index is -0.837. The average Bonchev–Trinajstić information content (AvgIpc) is 3.44. The zero-order chi connectivity index (χ0) is 24.5. The summed E-state index contributed by atoms with van der Waals surface area (Å²) in [4.78, 5) is 4.57. The maximum Gasteiger partial charge on any atom is 0.258 e. The Morgan fingerprint density at radius 1 is 1.09 bits per heavy atom. The van der Waals surface area contributed by atoms with Crippen LogP contribution in [-0.2, 0) is 5.04 Å². The molecule has 9 heteroatoms. The van der Waals surface area contributed by atoms with Gasteiger partial charge in [-0.25, -0.2) is 0 Å². The number of ether oxygens (including phenoxy) is 1. The summed E-state index contributed by atoms with van der Waals surface area (Å²) in [6, 6.07) is 10.4. The number of benzene rings is 2. The highest BCUT2D eigenvalue weighted by Gasteiger charge is 2.19. The Morgan fingerprint density at radius 2 is 1.85 bits per heavy atom. The average molecular weight is 470 g/mol. The van der Waals surface area contributed by atoms with Gasteiger partial charge in [0, 0.05) is 16.5 Å². The molecule has 8 nitrogen and oxygen atoms in total. The second kappa shape index (κ2) is 9.54. The minimum absolute atomic E-state index is 0.0675. The third-order valence-corrected chi connectivity index (χ3v) is 5.30. The van der Waals surface area contributed by atoms with Gasteiger partial charge in [0.1, 0.15) is 23.1 Å². The van der Waals surface area contributed by atoms with Crippen molar-refractivity contribution in [3.8, 4) is 28.6 Å². The number of aryl methyl sites for hydroxylation is 2. The van der Waals surface area contributed by atoms with Crippen molar-refractivity contribution < 1.29 is 28.4 Å². The molecule has 0 aliphatic rings. The van der Waals surface area contributed by atoms with Gasteiger partial charge in [0.2, 0.25) is 5.82 Å². The first-order chi connectivity index (χ1) is 16.2. The molecule has 0 spiro atoms. The Labute approximate surface area is 196 Å². The van der Waals surface area contributed by atoms with Gasteiger partial charge >= 0.3 is 0 Å². The van der Waals surface area contributed by atoms with Gasteiger partial charge in [-0.1, -0.05) is 31.0 Å². The lowest BCUT2D eigenvalue weighted by Crippen LogP contribution is -2.21. The monoisotopic (exact) mass is 469 g/mol. The van der Waals surface area contributed by atoms with Gasteiger partial charge in [0.25, 0.3) is 5.89 Å². The van der Waals surface area contributed by atoms with Crippen LogP contribution in [0.25, 0.3) is 33.8 Å². The van der Waals surface area contributed by atoms with Crippen LogP contribution >= 0.6 is 0 Å². The largest absolute Gasteiger partial charge is 0.493 e. The Hall–Kier alpha value is -3.27.